The van der Waals surface area contributed by atoms with Gasteiger partial charge in [0.1, 0.15) is 5.75 Å². The van der Waals surface area contributed by atoms with E-state index in [0.717, 1.165) is 40.3 Å². The number of ether oxygens (including phenoxy) is 1. The lowest BCUT2D eigenvalue weighted by molar-refractivity contribution is -0.119. The van der Waals surface area contributed by atoms with Crippen molar-refractivity contribution in [3.8, 4) is 23.3 Å². The second-order valence-electron chi connectivity index (χ2n) is 8.64. The van der Waals surface area contributed by atoms with E-state index in [-0.39, 0.29) is 23.2 Å². The zero-order chi connectivity index (χ0) is 27.6. The van der Waals surface area contributed by atoms with Crippen molar-refractivity contribution in [2.75, 3.05) is 25.0 Å². The van der Waals surface area contributed by atoms with Gasteiger partial charge in [0.2, 0.25) is 5.91 Å². The number of anilines is 1. The first kappa shape index (κ1) is 28.2. The number of rotatable bonds is 9. The number of pyridine rings is 1. The fourth-order valence-electron chi connectivity index (χ4n) is 3.79. The molecule has 0 saturated carbocycles. The molecule has 0 aliphatic carbocycles. The molecule has 0 radical (unpaired) electrons. The van der Waals surface area contributed by atoms with Crippen LogP contribution in [0.4, 0.5) is 10.1 Å². The Morgan fingerprint density at radius 1 is 1.08 bits per heavy atom. The molecule has 0 bridgehead atoms. The third kappa shape index (κ3) is 8.07. The van der Waals surface area contributed by atoms with Gasteiger partial charge in [0.25, 0.3) is 0 Å². The lowest BCUT2D eigenvalue weighted by Gasteiger charge is -2.13. The van der Waals surface area contributed by atoms with Crippen molar-refractivity contribution in [3.05, 3.63) is 83.1 Å². The van der Waals surface area contributed by atoms with Gasteiger partial charge in [-0.1, -0.05) is 56.0 Å². The molecular formula is C30H29FN4O2S2. The third-order valence-corrected chi connectivity index (χ3v) is 7.22. The van der Waals surface area contributed by atoms with Crippen LogP contribution < -0.4 is 15.4 Å². The molecule has 4 aromatic rings. The highest BCUT2D eigenvalue weighted by molar-refractivity contribution is 7.80. The van der Waals surface area contributed by atoms with E-state index in [9.17, 15) is 9.18 Å². The van der Waals surface area contributed by atoms with Crippen LogP contribution in [-0.2, 0) is 17.6 Å². The lowest BCUT2D eigenvalue weighted by Crippen LogP contribution is -2.35. The second kappa shape index (κ2) is 13.8. The number of halogens is 1. The van der Waals surface area contributed by atoms with Gasteiger partial charge >= 0.3 is 0 Å². The van der Waals surface area contributed by atoms with Gasteiger partial charge in [-0.2, -0.15) is 0 Å². The van der Waals surface area contributed by atoms with Crippen molar-refractivity contribution in [1.82, 2.24) is 15.2 Å². The molecule has 1 amide bonds. The van der Waals surface area contributed by atoms with Crippen molar-refractivity contribution >= 4 is 50.5 Å². The number of thiophene rings is 1. The van der Waals surface area contributed by atoms with Gasteiger partial charge in [0.05, 0.1) is 23.2 Å². The van der Waals surface area contributed by atoms with Gasteiger partial charge in [-0.05, 0) is 49.1 Å². The minimum absolute atomic E-state index is 0.0704. The fourth-order valence-corrected chi connectivity index (χ4v) is 5.03. The molecule has 200 valence electrons. The van der Waals surface area contributed by atoms with Crippen LogP contribution in [0.15, 0.2) is 66.9 Å². The topological polar surface area (TPSA) is 66.5 Å². The molecule has 0 saturated heterocycles. The number of carbonyl (C=O) groups is 1. The molecule has 0 spiro atoms. The summed E-state index contributed by atoms with van der Waals surface area (Å²) in [6, 6.07) is 17.5. The third-order valence-electron chi connectivity index (χ3n) is 5.88. The van der Waals surface area contributed by atoms with E-state index in [2.05, 4.69) is 46.2 Å². The molecule has 0 unspecified atom stereocenters. The highest BCUT2D eigenvalue weighted by atomic mass is 32.1. The molecular weight excluding hydrogens is 531 g/mol. The number of benzene rings is 2. The molecule has 2 N–H and O–H groups in total. The molecule has 2 aromatic carbocycles. The van der Waals surface area contributed by atoms with Crippen LogP contribution in [0.5, 0.6) is 11.5 Å². The van der Waals surface area contributed by atoms with E-state index in [0.29, 0.717) is 17.9 Å². The van der Waals surface area contributed by atoms with E-state index in [4.69, 9.17) is 17.0 Å². The average Bonchev–Trinajstić information content (AvgIpc) is 3.35. The molecule has 2 heterocycles. The highest BCUT2D eigenvalue weighted by Crippen LogP contribution is 2.36. The summed E-state index contributed by atoms with van der Waals surface area (Å²) in [4.78, 5) is 20.0. The highest BCUT2D eigenvalue weighted by Gasteiger charge is 2.13. The fraction of sp³-hybridized carbons (Fsp3) is 0.233. The molecule has 9 heteroatoms. The Balaban J connectivity index is 1.37. The van der Waals surface area contributed by atoms with E-state index in [1.807, 2.05) is 36.4 Å². The minimum atomic E-state index is -0.567. The number of nitrogens with zero attached hydrogens (tertiary/aromatic N) is 2. The van der Waals surface area contributed by atoms with Crippen molar-refractivity contribution in [2.24, 2.45) is 0 Å². The lowest BCUT2D eigenvalue weighted by atomic mass is 10.1. The normalized spacial score (nSPS) is 10.7. The summed E-state index contributed by atoms with van der Waals surface area (Å²) >= 11 is 6.75. The Labute approximate surface area is 237 Å². The SMILES string of the molecule is CCN(CC)CC#CCc1cc2nccc(Oc3ccc(NC(=S)NC(=O)Cc4ccccc4)cc3F)c2s1. The summed E-state index contributed by atoms with van der Waals surface area (Å²) in [5, 5.41) is 5.54. The summed E-state index contributed by atoms with van der Waals surface area (Å²) in [5.74, 6) is 6.23. The Bertz CT molecular complexity index is 1510. The predicted molar refractivity (Wildman–Crippen MR) is 160 cm³/mol. The number of hydrogen-bond acceptors (Lipinski definition) is 6. The quantitative estimate of drug-likeness (QED) is 0.189. The molecule has 2 aromatic heterocycles. The molecule has 39 heavy (non-hydrogen) atoms. The van der Waals surface area contributed by atoms with Crippen LogP contribution in [0.3, 0.4) is 0 Å². The summed E-state index contributed by atoms with van der Waals surface area (Å²) in [6.07, 6.45) is 2.46. The maximum atomic E-state index is 14.9. The number of nitrogens with one attached hydrogen (secondary N) is 2. The predicted octanol–water partition coefficient (Wildman–Crippen LogP) is 6.17. The van der Waals surface area contributed by atoms with E-state index < -0.39 is 5.82 Å². The summed E-state index contributed by atoms with van der Waals surface area (Å²) in [5.41, 5.74) is 2.05. The molecule has 0 aliphatic rings. The second-order valence-corrected chi connectivity index (χ2v) is 10.2. The Morgan fingerprint density at radius 2 is 1.87 bits per heavy atom. The number of aromatic nitrogens is 1. The average molecular weight is 561 g/mol. The van der Waals surface area contributed by atoms with Crippen LogP contribution >= 0.6 is 23.6 Å². The van der Waals surface area contributed by atoms with Crippen LogP contribution in [0.25, 0.3) is 10.2 Å². The van der Waals surface area contributed by atoms with E-state index in [1.165, 1.54) is 12.1 Å². The number of fused-ring (bicyclic) bond motifs is 1. The first-order valence-electron chi connectivity index (χ1n) is 12.6. The zero-order valence-corrected chi connectivity index (χ0v) is 23.4. The van der Waals surface area contributed by atoms with Crippen LogP contribution in [0.1, 0.15) is 24.3 Å². The standard InChI is InChI=1S/C30H29FN4O2S2/c1-3-35(4-2)17-9-8-12-23-20-25-29(39-23)27(15-16-32-25)37-26-14-13-22(19-24(26)31)33-30(38)34-28(36)18-21-10-6-5-7-11-21/h5-7,10-11,13-16,19-20H,3-4,12,17-18H2,1-2H3,(H2,33,34,36,38). The van der Waals surface area contributed by atoms with Gasteiger partial charge in [0.15, 0.2) is 16.7 Å². The molecule has 6 nitrogen and oxygen atoms in total. The zero-order valence-electron chi connectivity index (χ0n) is 21.8. The number of thiocarbonyl (C=S) groups is 1. The number of hydrogen-bond donors (Lipinski definition) is 2. The Kier molecular flexibility index (Phi) is 9.97. The molecule has 0 fully saturated rings. The number of carbonyl (C=O) groups excluding carboxylic acids is 1. The van der Waals surface area contributed by atoms with Gasteiger partial charge in [-0.3, -0.25) is 14.7 Å². The van der Waals surface area contributed by atoms with Gasteiger partial charge < -0.3 is 15.4 Å². The first-order chi connectivity index (χ1) is 18.9. The summed E-state index contributed by atoms with van der Waals surface area (Å²) < 4.78 is 21.7. The maximum absolute atomic E-state index is 14.9. The summed E-state index contributed by atoms with van der Waals surface area (Å²) in [6.45, 7) is 6.95. The Morgan fingerprint density at radius 3 is 2.62 bits per heavy atom. The van der Waals surface area contributed by atoms with Gasteiger partial charge in [-0.25, -0.2) is 4.39 Å². The molecule has 4 rings (SSSR count). The van der Waals surface area contributed by atoms with Crippen molar-refractivity contribution < 1.29 is 13.9 Å². The van der Waals surface area contributed by atoms with Gasteiger partial charge in [0, 0.05) is 35.3 Å². The maximum Gasteiger partial charge on any atom is 0.230 e. The van der Waals surface area contributed by atoms with Crippen molar-refractivity contribution in [1.29, 1.82) is 0 Å². The largest absolute Gasteiger partial charge is 0.453 e. The first-order valence-corrected chi connectivity index (χ1v) is 13.8. The van der Waals surface area contributed by atoms with Crippen molar-refractivity contribution in [3.63, 3.8) is 0 Å². The molecule has 0 aliphatic heterocycles. The molecule has 0 atom stereocenters. The van der Waals surface area contributed by atoms with Crippen LogP contribution in [-0.4, -0.2) is 40.5 Å². The number of amides is 1. The summed E-state index contributed by atoms with van der Waals surface area (Å²) in [7, 11) is 0. The van der Waals surface area contributed by atoms with E-state index >= 15 is 0 Å². The van der Waals surface area contributed by atoms with Gasteiger partial charge in [-0.15, -0.1) is 11.3 Å². The smallest absolute Gasteiger partial charge is 0.230 e. The monoisotopic (exact) mass is 560 g/mol. The van der Waals surface area contributed by atoms with E-state index in [1.54, 1.807) is 29.7 Å². The Hall–Kier alpha value is -3.84. The van der Waals surface area contributed by atoms with Crippen LogP contribution in [0.2, 0.25) is 0 Å². The van der Waals surface area contributed by atoms with Crippen LogP contribution in [0, 0.1) is 17.7 Å². The van der Waals surface area contributed by atoms with Crippen molar-refractivity contribution in [2.45, 2.75) is 26.7 Å². The minimum Gasteiger partial charge on any atom is -0.453 e.